The molecule has 2 heteroatoms. The fraction of sp³-hybridized carbons (Fsp3) is 0.0137. The van der Waals surface area contributed by atoms with Crippen LogP contribution in [0, 0.1) is 0 Å². The summed E-state index contributed by atoms with van der Waals surface area (Å²) >= 11 is 0. The number of anilines is 3. The second kappa shape index (κ2) is 18.4. The molecule has 1 heterocycles. The molecule has 0 saturated carbocycles. The van der Waals surface area contributed by atoms with E-state index in [0.29, 0.717) is 0 Å². The second-order valence-electron chi connectivity index (χ2n) is 19.6. The Morgan fingerprint density at radius 3 is 1.23 bits per heavy atom. The zero-order valence-electron chi connectivity index (χ0n) is 41.3. The molecule has 14 rings (SSSR count). The number of rotatable bonds is 10. The van der Waals surface area contributed by atoms with Crippen molar-refractivity contribution >= 4 is 38.9 Å². The Morgan fingerprint density at radius 1 is 0.253 bits per heavy atom. The maximum absolute atomic E-state index is 2.47. The van der Waals surface area contributed by atoms with Crippen molar-refractivity contribution in [3.63, 3.8) is 0 Å². The van der Waals surface area contributed by atoms with E-state index in [1.165, 1.54) is 88.6 Å². The van der Waals surface area contributed by atoms with Crippen molar-refractivity contribution in [1.82, 2.24) is 4.57 Å². The lowest BCUT2D eigenvalue weighted by Gasteiger charge is -2.33. The first-order valence-electron chi connectivity index (χ1n) is 25.9. The minimum atomic E-state index is -0.448. The summed E-state index contributed by atoms with van der Waals surface area (Å²) in [6.07, 6.45) is 0. The van der Waals surface area contributed by atoms with Crippen LogP contribution in [0.2, 0.25) is 0 Å². The molecular weight excluding hydrogens is 905 g/mol. The summed E-state index contributed by atoms with van der Waals surface area (Å²) in [7, 11) is 0. The standard InChI is InChI=1S/C73H50N2/c1-5-20-51(21-6-1)55-24-17-31-61(46-55)74(62-32-18-25-56(47-62)52-22-7-2-8-23-52)63-33-19-26-57(48-63)53-38-40-54(41-39-53)58-42-44-67-66-35-14-16-37-71(66)75(72(67)49-58)64-43-45-70-68(50-64)65-34-13-15-36-69(65)73(70,59-27-9-3-10-28-59)60-29-11-4-12-30-60/h1-50H. The Morgan fingerprint density at radius 2 is 0.667 bits per heavy atom. The molecule has 0 radical (unpaired) electrons. The van der Waals surface area contributed by atoms with Gasteiger partial charge in [0.15, 0.2) is 0 Å². The smallest absolute Gasteiger partial charge is 0.0713 e. The molecule has 1 aliphatic rings. The first-order chi connectivity index (χ1) is 37.2. The quantitative estimate of drug-likeness (QED) is 0.133. The Balaban J connectivity index is 0.847. The molecule has 2 nitrogen and oxygen atoms in total. The summed E-state index contributed by atoms with van der Waals surface area (Å²) in [5.74, 6) is 0. The van der Waals surface area contributed by atoms with Gasteiger partial charge in [-0.2, -0.15) is 0 Å². The molecule has 0 N–H and O–H groups in total. The summed E-state index contributed by atoms with van der Waals surface area (Å²) < 4.78 is 2.47. The third-order valence-corrected chi connectivity index (χ3v) is 15.5. The number of hydrogen-bond donors (Lipinski definition) is 0. The van der Waals surface area contributed by atoms with Crippen LogP contribution in [0.3, 0.4) is 0 Å². The molecule has 0 atom stereocenters. The maximum Gasteiger partial charge on any atom is 0.0713 e. The van der Waals surface area contributed by atoms with Crippen LogP contribution in [-0.2, 0) is 5.41 Å². The van der Waals surface area contributed by atoms with Gasteiger partial charge in [-0.05, 0) is 139 Å². The molecule has 0 fully saturated rings. The van der Waals surface area contributed by atoms with Crippen molar-refractivity contribution in [2.75, 3.05) is 4.90 Å². The summed E-state index contributed by atoms with van der Waals surface area (Å²) in [4.78, 5) is 2.38. The lowest BCUT2D eigenvalue weighted by Crippen LogP contribution is -2.28. The molecule has 0 unspecified atom stereocenters. The zero-order valence-corrected chi connectivity index (χ0v) is 41.3. The first kappa shape index (κ1) is 44.0. The van der Waals surface area contributed by atoms with Crippen molar-refractivity contribution in [2.45, 2.75) is 5.41 Å². The molecule has 0 saturated heterocycles. The van der Waals surface area contributed by atoms with Gasteiger partial charge in [0.05, 0.1) is 16.4 Å². The minimum Gasteiger partial charge on any atom is -0.310 e. The second-order valence-corrected chi connectivity index (χ2v) is 19.6. The van der Waals surface area contributed by atoms with E-state index in [1.54, 1.807) is 0 Å². The Kier molecular flexibility index (Phi) is 10.8. The summed E-state index contributed by atoms with van der Waals surface area (Å²) in [6, 6.07) is 111. The fourth-order valence-electron chi connectivity index (χ4n) is 12.0. The van der Waals surface area contributed by atoms with Gasteiger partial charge in [0.25, 0.3) is 0 Å². The van der Waals surface area contributed by atoms with Crippen molar-refractivity contribution in [3.05, 3.63) is 326 Å². The topological polar surface area (TPSA) is 8.17 Å². The molecule has 1 aliphatic carbocycles. The molecule has 352 valence electrons. The van der Waals surface area contributed by atoms with Crippen molar-refractivity contribution in [2.24, 2.45) is 0 Å². The van der Waals surface area contributed by atoms with Gasteiger partial charge in [0.2, 0.25) is 0 Å². The van der Waals surface area contributed by atoms with E-state index >= 15 is 0 Å². The monoisotopic (exact) mass is 954 g/mol. The average Bonchev–Trinajstić information content (AvgIpc) is 4.07. The van der Waals surface area contributed by atoms with E-state index in [0.717, 1.165) is 33.9 Å². The van der Waals surface area contributed by atoms with Crippen LogP contribution in [0.25, 0.3) is 83.1 Å². The molecule has 0 aliphatic heterocycles. The van der Waals surface area contributed by atoms with Gasteiger partial charge in [0, 0.05) is 33.5 Å². The third kappa shape index (κ3) is 7.49. The highest BCUT2D eigenvalue weighted by atomic mass is 15.1. The predicted molar refractivity (Wildman–Crippen MR) is 315 cm³/mol. The largest absolute Gasteiger partial charge is 0.310 e. The highest BCUT2D eigenvalue weighted by Gasteiger charge is 2.46. The van der Waals surface area contributed by atoms with Crippen LogP contribution in [0.1, 0.15) is 22.3 Å². The lowest BCUT2D eigenvalue weighted by molar-refractivity contribution is 0.768. The first-order valence-corrected chi connectivity index (χ1v) is 25.9. The van der Waals surface area contributed by atoms with Crippen LogP contribution >= 0.6 is 0 Å². The van der Waals surface area contributed by atoms with Crippen LogP contribution in [0.15, 0.2) is 303 Å². The van der Waals surface area contributed by atoms with E-state index in [1.807, 2.05) is 0 Å². The highest BCUT2D eigenvalue weighted by molar-refractivity contribution is 6.10. The van der Waals surface area contributed by atoms with Gasteiger partial charge in [0.1, 0.15) is 0 Å². The van der Waals surface area contributed by atoms with Gasteiger partial charge >= 0.3 is 0 Å². The van der Waals surface area contributed by atoms with Gasteiger partial charge in [-0.25, -0.2) is 0 Å². The molecule has 0 spiro atoms. The molecule has 75 heavy (non-hydrogen) atoms. The van der Waals surface area contributed by atoms with Gasteiger partial charge < -0.3 is 9.47 Å². The maximum atomic E-state index is 2.47. The minimum absolute atomic E-state index is 0.448. The predicted octanol–water partition coefficient (Wildman–Crippen LogP) is 19.3. The van der Waals surface area contributed by atoms with E-state index in [2.05, 4.69) is 313 Å². The summed E-state index contributed by atoms with van der Waals surface area (Å²) in [6.45, 7) is 0. The Labute approximate surface area is 438 Å². The number of hydrogen-bond acceptors (Lipinski definition) is 1. The van der Waals surface area contributed by atoms with Crippen molar-refractivity contribution in [1.29, 1.82) is 0 Å². The molecule has 12 aromatic carbocycles. The Hall–Kier alpha value is -9.76. The number of para-hydroxylation sites is 1. The molecule has 0 amide bonds. The SMILES string of the molecule is c1ccc(-c2cccc(N(c3cccc(-c4ccccc4)c3)c3cccc(-c4ccc(-c5ccc6c7ccccc7n(-c7ccc8c(c7)-c7ccccc7C8(c7ccccc7)c7ccccc7)c6c5)cc4)c3)c2)cc1. The van der Waals surface area contributed by atoms with Crippen LogP contribution in [-0.4, -0.2) is 4.57 Å². The normalized spacial score (nSPS) is 12.4. The zero-order chi connectivity index (χ0) is 49.7. The van der Waals surface area contributed by atoms with Crippen molar-refractivity contribution < 1.29 is 0 Å². The van der Waals surface area contributed by atoms with E-state index in [-0.39, 0.29) is 0 Å². The van der Waals surface area contributed by atoms with Crippen LogP contribution in [0.4, 0.5) is 17.1 Å². The molecule has 13 aromatic rings. The van der Waals surface area contributed by atoms with E-state index in [9.17, 15) is 0 Å². The molecule has 1 aromatic heterocycles. The molecule has 0 bridgehead atoms. The van der Waals surface area contributed by atoms with Crippen LogP contribution in [0.5, 0.6) is 0 Å². The number of aromatic nitrogens is 1. The van der Waals surface area contributed by atoms with E-state index in [4.69, 9.17) is 0 Å². The summed E-state index contributed by atoms with van der Waals surface area (Å²) in [5.41, 5.74) is 23.4. The number of nitrogens with zero attached hydrogens (tertiary/aromatic N) is 2. The summed E-state index contributed by atoms with van der Waals surface area (Å²) in [5, 5.41) is 2.48. The van der Waals surface area contributed by atoms with Crippen molar-refractivity contribution in [3.8, 4) is 61.3 Å². The van der Waals surface area contributed by atoms with Crippen LogP contribution < -0.4 is 4.90 Å². The van der Waals surface area contributed by atoms with Gasteiger partial charge in [-0.1, -0.05) is 243 Å². The number of fused-ring (bicyclic) bond motifs is 6. The molecular formula is C73H50N2. The lowest BCUT2D eigenvalue weighted by atomic mass is 9.68. The fourth-order valence-corrected chi connectivity index (χ4v) is 12.0. The van der Waals surface area contributed by atoms with E-state index < -0.39 is 5.41 Å². The van der Waals surface area contributed by atoms with Gasteiger partial charge in [-0.15, -0.1) is 0 Å². The number of benzene rings is 12. The average molecular weight is 955 g/mol. The third-order valence-electron chi connectivity index (χ3n) is 15.5. The highest BCUT2D eigenvalue weighted by Crippen LogP contribution is 2.56. The van der Waals surface area contributed by atoms with Gasteiger partial charge in [-0.3, -0.25) is 0 Å². The Bertz CT molecular complexity index is 4090.